The van der Waals surface area contributed by atoms with Crippen LogP contribution in [0, 0.1) is 73.6 Å². The topological polar surface area (TPSA) is 351 Å². The molecule has 6 aromatic heterocycles. The van der Waals surface area contributed by atoms with Gasteiger partial charge in [-0.05, 0) is 73.9 Å². The number of nitrogens with one attached hydrogen (secondary N) is 5. The van der Waals surface area contributed by atoms with Gasteiger partial charge in [0.15, 0.2) is 5.75 Å². The summed E-state index contributed by atoms with van der Waals surface area (Å²) < 4.78 is 38.9. The molecule has 0 fully saturated rings. The van der Waals surface area contributed by atoms with E-state index in [0.717, 1.165) is 79.2 Å². The Balaban J connectivity index is 0.000000178. The van der Waals surface area contributed by atoms with Gasteiger partial charge in [0.2, 0.25) is 41.3 Å². The van der Waals surface area contributed by atoms with Gasteiger partial charge in [0, 0.05) is 118 Å². The molecule has 0 atom stereocenters. The maximum atomic E-state index is 14.0. The number of methoxy groups -OCH3 is 1. The molecule has 12 aromatic rings. The van der Waals surface area contributed by atoms with Gasteiger partial charge in [-0.15, -0.1) is 0 Å². The first kappa shape index (κ1) is 83.3. The summed E-state index contributed by atoms with van der Waals surface area (Å²) in [5.41, 5.74) is 14.5. The Morgan fingerprint density at radius 2 is 0.850 bits per heavy atom. The predicted octanol–water partition coefficient (Wildman–Crippen LogP) is 17.9. The zero-order chi connectivity index (χ0) is 78.3. The first-order valence-electron chi connectivity index (χ1n) is 31.8. The van der Waals surface area contributed by atoms with Crippen LogP contribution in [0.1, 0.15) is 58.2 Å². The van der Waals surface area contributed by atoms with Gasteiger partial charge in [0.25, 0.3) is 0 Å². The van der Waals surface area contributed by atoms with Crippen molar-refractivity contribution in [3.63, 3.8) is 0 Å². The van der Waals surface area contributed by atoms with E-state index < -0.39 is 48.6 Å². The summed E-state index contributed by atoms with van der Waals surface area (Å²) in [5, 5.41) is 51.5. The molecule has 0 saturated carbocycles. The van der Waals surface area contributed by atoms with Crippen molar-refractivity contribution in [2.24, 2.45) is 32.0 Å². The molecule has 0 aliphatic heterocycles. The number of amides is 2. The molecule has 12 rings (SSSR count). The van der Waals surface area contributed by atoms with Gasteiger partial charge in [-0.2, -0.15) is 8.78 Å². The number of hydrogen-bond donors (Lipinski definition) is 6. The van der Waals surface area contributed by atoms with E-state index in [0.29, 0.717) is 75.6 Å². The standard InChI is InChI=1S/C26H28N6O4.C25H25FN6O3.C20H17FN6O2.I7/c1-15-11-22(36-6)21(32(34)35)12-18(15)29-25-27-13-19(28-24(33)26(2,3)4)23(30-25)17-14-31(5)20-10-8-7-9-16(17)20;1-14-10-17(26)21(32(34)35)11-18(14)29-24-27-12-19(28-23(33)25(2,3)4)22(30-24)16-13-31(5)20-9-7-6-8-15(16)20;1-11-7-14(21)18(27(28)29)8-16(11)24-20-23-9-15(22)19(25-20)13-10-26(2)17-6-4-3-5-12(13)17;1-5-7(4)6(2)3/h7-14H,1-6H3,(H,28,33)(H,27,29,30);6-13H,1-5H3,(H,28,33)(H,27,29,30);3-10H,22H2,1-2H3,(H,23,24,25);/q;;;-1. The van der Waals surface area contributed by atoms with Crippen LogP contribution in [0.5, 0.6) is 5.75 Å². The summed E-state index contributed by atoms with van der Waals surface area (Å²) in [6.07, 6.45) is 10.3. The van der Waals surface area contributed by atoms with Crippen LogP contribution >= 0.6 is 90.3 Å². The van der Waals surface area contributed by atoms with Gasteiger partial charge >= 0.3 is 121 Å². The number of aryl methyl sites for hydroxylation is 6. The third kappa shape index (κ3) is 20.2. The van der Waals surface area contributed by atoms with Crippen molar-refractivity contribution in [2.75, 3.05) is 39.4 Å². The number of carbonyl (C=O) groups excluding carboxylic acids is 2. The van der Waals surface area contributed by atoms with E-state index >= 15 is 0 Å². The van der Waals surface area contributed by atoms with Crippen molar-refractivity contribution in [3.8, 4) is 39.5 Å². The fourth-order valence-electron chi connectivity index (χ4n) is 10.7. The van der Waals surface area contributed by atoms with Gasteiger partial charge in [-0.3, -0.25) is 39.9 Å². The van der Waals surface area contributed by atoms with Gasteiger partial charge in [0.05, 0.1) is 74.6 Å². The Kier molecular flexibility index (Phi) is 27.9. The molecule has 6 heterocycles. The molecule has 6 aromatic carbocycles. The van der Waals surface area contributed by atoms with Crippen molar-refractivity contribution in [1.82, 2.24) is 43.6 Å². The van der Waals surface area contributed by atoms with E-state index in [1.165, 1.54) is 25.6 Å². The number of nitrogens with zero attached hydrogens (tertiary/aromatic N) is 12. The minimum atomic E-state index is -0.921. The molecule has 0 unspecified atom stereocenters. The predicted molar refractivity (Wildman–Crippen MR) is 466 cm³/mol. The molecule has 0 aliphatic carbocycles. The molecular weight excluding hydrogens is 2180 g/mol. The second-order valence-electron chi connectivity index (χ2n) is 25.9. The number of nitro groups is 3. The molecule has 0 saturated heterocycles. The van der Waals surface area contributed by atoms with Crippen molar-refractivity contribution >= 4 is 204 Å². The Morgan fingerprint density at radius 1 is 0.523 bits per heavy atom. The second kappa shape index (κ2) is 35.8. The summed E-state index contributed by atoms with van der Waals surface area (Å²) >= 11 is 11.4. The van der Waals surface area contributed by atoms with Gasteiger partial charge in [-0.1, -0.05) is 96.1 Å². The number of ether oxygens (including phenoxy) is 1. The summed E-state index contributed by atoms with van der Waals surface area (Å²) in [5.74, 6) is -1.45. The molecule has 0 spiro atoms. The summed E-state index contributed by atoms with van der Waals surface area (Å²) in [4.78, 5) is 84.0. The van der Waals surface area contributed by atoms with E-state index in [1.54, 1.807) is 53.8 Å². The number of anilines is 9. The van der Waals surface area contributed by atoms with E-state index in [4.69, 9.17) is 15.5 Å². The quantitative estimate of drug-likeness (QED) is 0.0280. The SMILES string of the molecule is COc1cc(C)c(Nc2ncc(NC(=O)C(C)(C)C)c(-c3cn(C)c4ccccc34)n2)cc1[N+](=O)[O-].Cc1cc(F)c([N+](=O)[O-])cc1Nc1ncc(N)c(-c2cn(C)c3ccccc23)n1.Cc1cc(F)c([N+](=O)[O-])cc1Nc1ncc(NC(=O)C(C)(C)C)c(-c2cn(C)c3ccccc23)n1.I[I-]I(I)I(I)I. The van der Waals surface area contributed by atoms with Gasteiger partial charge in [0.1, 0.15) is 17.1 Å². The number of para-hydroxylation sites is 3. The molecule has 36 heteroatoms. The number of carbonyl (C=O) groups is 2. The van der Waals surface area contributed by atoms with Crippen LogP contribution in [-0.2, 0) is 30.7 Å². The average molecular weight is 2250 g/mol. The van der Waals surface area contributed by atoms with Crippen molar-refractivity contribution in [2.45, 2.75) is 62.3 Å². The molecule has 0 bridgehead atoms. The Bertz CT molecular complexity index is 5420. The molecule has 0 aliphatic rings. The number of aromatic nitrogens is 9. The number of benzene rings is 6. The fourth-order valence-corrected chi connectivity index (χ4v) is 220. The molecule has 107 heavy (non-hydrogen) atoms. The summed E-state index contributed by atoms with van der Waals surface area (Å²) in [6.45, 7) is 16.0. The monoisotopic (exact) mass is 2240 g/mol. The average Bonchev–Trinajstić information content (AvgIpc) is 1.67. The molecule has 2 amide bonds. The normalized spacial score (nSPS) is 11.5. The molecule has 7 N–H and O–H groups in total. The van der Waals surface area contributed by atoms with Crippen molar-refractivity contribution < 1.29 is 51.1 Å². The van der Waals surface area contributed by atoms with Crippen molar-refractivity contribution in [1.29, 1.82) is 0 Å². The number of halogens is 9. The van der Waals surface area contributed by atoms with Crippen LogP contribution in [0.25, 0.3) is 66.5 Å². The number of fused-ring (bicyclic) bond motifs is 3. The number of hydrogen-bond acceptors (Lipinski definition) is 19. The van der Waals surface area contributed by atoms with Crippen LogP contribution in [0.4, 0.5) is 77.8 Å². The number of nitrogens with two attached hydrogens (primary N) is 1. The van der Waals surface area contributed by atoms with Crippen LogP contribution in [-0.4, -0.2) is 77.3 Å². The molecule has 27 nitrogen and oxygen atoms in total. The van der Waals surface area contributed by atoms with Crippen molar-refractivity contribution in [3.05, 3.63) is 205 Å². The summed E-state index contributed by atoms with van der Waals surface area (Å²) in [7, 11) is 6.69. The van der Waals surface area contributed by atoms with Crippen LogP contribution in [0.3, 0.4) is 0 Å². The van der Waals surface area contributed by atoms with E-state index in [1.807, 2.05) is 147 Å². The maximum absolute atomic E-state index is 14.0. The van der Waals surface area contributed by atoms with E-state index in [-0.39, 0.29) is 56.9 Å². The third-order valence-electron chi connectivity index (χ3n) is 16.3. The Hall–Kier alpha value is -7.71. The zero-order valence-corrected chi connectivity index (χ0v) is 74.5. The number of nitro benzene ring substituents is 3. The first-order valence-corrected chi connectivity index (χ1v) is 69.5. The molecule has 562 valence electrons. The van der Waals surface area contributed by atoms with Gasteiger partial charge < -0.3 is 50.8 Å². The van der Waals surface area contributed by atoms with Crippen LogP contribution in [0.2, 0.25) is 0 Å². The molecule has 0 radical (unpaired) electrons. The zero-order valence-electron chi connectivity index (χ0n) is 59.4. The Morgan fingerprint density at radius 3 is 1.18 bits per heavy atom. The third-order valence-corrected chi connectivity index (χ3v) is 264. The number of rotatable bonds is 17. The van der Waals surface area contributed by atoms with Crippen LogP contribution < -0.4 is 50.3 Å². The first-order chi connectivity index (χ1) is 50.5. The molecular formula is C71H70F2I7N18O9-. The Labute approximate surface area is 668 Å². The second-order valence-corrected chi connectivity index (χ2v) is 140. The van der Waals surface area contributed by atoms with E-state index in [9.17, 15) is 48.7 Å². The minimum absolute atomic E-state index is 0.144. The number of nitrogen functional groups attached to an aromatic ring is 1. The van der Waals surface area contributed by atoms with Crippen LogP contribution in [0.15, 0.2) is 146 Å². The van der Waals surface area contributed by atoms with Gasteiger partial charge in [-0.25, -0.2) is 29.9 Å². The summed E-state index contributed by atoms with van der Waals surface area (Å²) in [6, 6.07) is 31.0. The van der Waals surface area contributed by atoms with E-state index in [2.05, 4.69) is 126 Å². The fraction of sp³-hybridized carbons (Fsp3) is 0.211.